The van der Waals surface area contributed by atoms with Gasteiger partial charge >= 0.3 is 0 Å². The molecule has 0 aliphatic carbocycles. The van der Waals surface area contributed by atoms with Gasteiger partial charge in [0.15, 0.2) is 0 Å². The first kappa shape index (κ1) is 16.7. The number of benzene rings is 1. The fourth-order valence-corrected chi connectivity index (χ4v) is 2.34. The van der Waals surface area contributed by atoms with E-state index in [1.807, 2.05) is 26.0 Å². The van der Waals surface area contributed by atoms with Crippen molar-refractivity contribution in [3.63, 3.8) is 0 Å². The van der Waals surface area contributed by atoms with Crippen molar-refractivity contribution in [2.24, 2.45) is 5.41 Å². The average Bonchev–Trinajstić information content (AvgIpc) is 2.31. The van der Waals surface area contributed by atoms with Gasteiger partial charge in [-0.1, -0.05) is 51.3 Å². The van der Waals surface area contributed by atoms with E-state index in [-0.39, 0.29) is 17.4 Å². The highest BCUT2D eigenvalue weighted by atomic mass is 16.2. The first-order valence-corrected chi connectivity index (χ1v) is 7.38. The van der Waals surface area contributed by atoms with Gasteiger partial charge in [-0.2, -0.15) is 0 Å². The Morgan fingerprint density at radius 2 is 1.70 bits per heavy atom. The highest BCUT2D eigenvalue weighted by molar-refractivity contribution is 5.94. The standard InChI is InChI=1S/C17H28N2O/c1-7-8-15(17(4,5)6)18-19-16(20)14-10-12(2)9-13(3)11-14/h9-11,15,18H,7-8H2,1-6H3,(H,19,20). The lowest BCUT2D eigenvalue weighted by atomic mass is 9.84. The van der Waals surface area contributed by atoms with Crippen LogP contribution < -0.4 is 10.9 Å². The number of amides is 1. The number of hydrazine groups is 1. The Kier molecular flexibility index (Phi) is 5.75. The Bertz CT molecular complexity index is 440. The molecule has 0 aliphatic rings. The van der Waals surface area contributed by atoms with Crippen LogP contribution in [-0.4, -0.2) is 11.9 Å². The summed E-state index contributed by atoms with van der Waals surface area (Å²) in [5.74, 6) is -0.0675. The van der Waals surface area contributed by atoms with Crippen molar-refractivity contribution in [2.75, 3.05) is 0 Å². The maximum absolute atomic E-state index is 12.2. The van der Waals surface area contributed by atoms with Gasteiger partial charge < -0.3 is 0 Å². The summed E-state index contributed by atoms with van der Waals surface area (Å²) in [4.78, 5) is 12.2. The van der Waals surface area contributed by atoms with Crippen molar-refractivity contribution in [2.45, 2.75) is 60.4 Å². The first-order chi connectivity index (χ1) is 9.24. The van der Waals surface area contributed by atoms with Gasteiger partial charge in [-0.15, -0.1) is 0 Å². The third-order valence-electron chi connectivity index (χ3n) is 3.47. The van der Waals surface area contributed by atoms with Crippen molar-refractivity contribution < 1.29 is 4.79 Å². The molecule has 1 amide bonds. The molecule has 0 saturated heterocycles. The van der Waals surface area contributed by atoms with E-state index in [1.54, 1.807) is 0 Å². The van der Waals surface area contributed by atoms with Gasteiger partial charge in [0.25, 0.3) is 5.91 Å². The number of hydrogen-bond acceptors (Lipinski definition) is 2. The Morgan fingerprint density at radius 3 is 2.15 bits per heavy atom. The van der Waals surface area contributed by atoms with Gasteiger partial charge in [-0.25, -0.2) is 5.43 Å². The summed E-state index contributed by atoms with van der Waals surface area (Å²) in [6, 6.07) is 6.16. The van der Waals surface area contributed by atoms with E-state index < -0.39 is 0 Å². The zero-order valence-electron chi connectivity index (χ0n) is 13.6. The van der Waals surface area contributed by atoms with Crippen LogP contribution in [0.4, 0.5) is 0 Å². The monoisotopic (exact) mass is 276 g/mol. The van der Waals surface area contributed by atoms with E-state index in [1.165, 1.54) is 0 Å². The van der Waals surface area contributed by atoms with Gasteiger partial charge in [-0.3, -0.25) is 10.2 Å². The molecule has 0 aliphatic heterocycles. The van der Waals surface area contributed by atoms with Crippen LogP contribution in [0.15, 0.2) is 18.2 Å². The second-order valence-electron chi connectivity index (χ2n) is 6.68. The Hall–Kier alpha value is -1.35. The molecule has 1 rings (SSSR count). The summed E-state index contributed by atoms with van der Waals surface area (Å²) in [7, 11) is 0. The van der Waals surface area contributed by atoms with Gasteiger partial charge in [0, 0.05) is 11.6 Å². The lowest BCUT2D eigenvalue weighted by molar-refractivity contribution is 0.0904. The molecule has 1 aromatic rings. The van der Waals surface area contributed by atoms with E-state index in [0.717, 1.165) is 24.0 Å². The highest BCUT2D eigenvalue weighted by Crippen LogP contribution is 2.22. The molecule has 1 atom stereocenters. The normalized spacial score (nSPS) is 13.1. The Morgan fingerprint density at radius 1 is 1.15 bits per heavy atom. The number of carbonyl (C=O) groups is 1. The second kappa shape index (κ2) is 6.89. The summed E-state index contributed by atoms with van der Waals surface area (Å²) in [6.07, 6.45) is 2.13. The maximum atomic E-state index is 12.2. The van der Waals surface area contributed by atoms with Gasteiger partial charge in [0.2, 0.25) is 0 Å². The molecule has 0 aromatic heterocycles. The summed E-state index contributed by atoms with van der Waals surface area (Å²) >= 11 is 0. The molecule has 0 radical (unpaired) electrons. The molecule has 0 bridgehead atoms. The number of rotatable bonds is 5. The molecule has 0 spiro atoms. The quantitative estimate of drug-likeness (QED) is 0.804. The van der Waals surface area contributed by atoms with Crippen LogP contribution in [0.25, 0.3) is 0 Å². The lowest BCUT2D eigenvalue weighted by Gasteiger charge is -2.31. The van der Waals surface area contributed by atoms with Gasteiger partial charge in [0.05, 0.1) is 0 Å². The number of carbonyl (C=O) groups excluding carboxylic acids is 1. The van der Waals surface area contributed by atoms with E-state index in [0.29, 0.717) is 5.56 Å². The van der Waals surface area contributed by atoms with E-state index in [9.17, 15) is 4.79 Å². The SMILES string of the molecule is CCCC(NNC(=O)c1cc(C)cc(C)c1)C(C)(C)C. The smallest absolute Gasteiger partial charge is 0.265 e. The molecule has 0 heterocycles. The Balaban J connectivity index is 2.70. The molecular formula is C17H28N2O. The number of nitrogens with one attached hydrogen (secondary N) is 2. The fraction of sp³-hybridized carbons (Fsp3) is 0.588. The molecule has 3 heteroatoms. The molecule has 2 N–H and O–H groups in total. The maximum Gasteiger partial charge on any atom is 0.265 e. The summed E-state index contributed by atoms with van der Waals surface area (Å²) < 4.78 is 0. The van der Waals surface area contributed by atoms with Crippen LogP contribution in [0.3, 0.4) is 0 Å². The van der Waals surface area contributed by atoms with Crippen LogP contribution in [-0.2, 0) is 0 Å². The van der Waals surface area contributed by atoms with Crippen molar-refractivity contribution in [3.8, 4) is 0 Å². The van der Waals surface area contributed by atoms with E-state index >= 15 is 0 Å². The van der Waals surface area contributed by atoms with Gasteiger partial charge in [-0.05, 0) is 37.8 Å². The summed E-state index contributed by atoms with van der Waals surface area (Å²) in [5.41, 5.74) is 9.09. The zero-order valence-corrected chi connectivity index (χ0v) is 13.6. The summed E-state index contributed by atoms with van der Waals surface area (Å²) in [5, 5.41) is 0. The van der Waals surface area contributed by atoms with E-state index in [4.69, 9.17) is 0 Å². The average molecular weight is 276 g/mol. The minimum Gasteiger partial charge on any atom is -0.287 e. The predicted octanol–water partition coefficient (Wildman–Crippen LogP) is 3.75. The van der Waals surface area contributed by atoms with E-state index in [2.05, 4.69) is 44.6 Å². The van der Waals surface area contributed by atoms with Crippen LogP contribution in [0.2, 0.25) is 0 Å². The highest BCUT2D eigenvalue weighted by Gasteiger charge is 2.24. The molecular weight excluding hydrogens is 248 g/mol. The van der Waals surface area contributed by atoms with Gasteiger partial charge in [0.1, 0.15) is 0 Å². The molecule has 3 nitrogen and oxygen atoms in total. The molecule has 20 heavy (non-hydrogen) atoms. The third kappa shape index (κ3) is 4.97. The van der Waals surface area contributed by atoms with Crippen molar-refractivity contribution in [1.29, 1.82) is 0 Å². The first-order valence-electron chi connectivity index (χ1n) is 7.38. The van der Waals surface area contributed by atoms with Crippen molar-refractivity contribution in [1.82, 2.24) is 10.9 Å². The predicted molar refractivity (Wildman–Crippen MR) is 84.7 cm³/mol. The number of aryl methyl sites for hydroxylation is 2. The molecule has 112 valence electrons. The molecule has 1 aromatic carbocycles. The Labute approximate surface area is 123 Å². The van der Waals surface area contributed by atoms with Crippen molar-refractivity contribution in [3.05, 3.63) is 34.9 Å². The lowest BCUT2D eigenvalue weighted by Crippen LogP contribution is -2.50. The minimum absolute atomic E-state index is 0.0675. The molecule has 0 saturated carbocycles. The van der Waals surface area contributed by atoms with Crippen LogP contribution >= 0.6 is 0 Å². The molecule has 0 fully saturated rings. The molecule has 1 unspecified atom stereocenters. The van der Waals surface area contributed by atoms with Crippen LogP contribution in [0.5, 0.6) is 0 Å². The van der Waals surface area contributed by atoms with Crippen LogP contribution in [0.1, 0.15) is 62.0 Å². The van der Waals surface area contributed by atoms with Crippen LogP contribution in [0, 0.1) is 19.3 Å². The second-order valence-corrected chi connectivity index (χ2v) is 6.68. The topological polar surface area (TPSA) is 41.1 Å². The minimum atomic E-state index is -0.0675. The number of hydrogen-bond donors (Lipinski definition) is 2. The third-order valence-corrected chi connectivity index (χ3v) is 3.47. The van der Waals surface area contributed by atoms with Crippen molar-refractivity contribution >= 4 is 5.91 Å². The largest absolute Gasteiger partial charge is 0.287 e. The summed E-state index contributed by atoms with van der Waals surface area (Å²) in [6.45, 7) is 12.7. The fourth-order valence-electron chi connectivity index (χ4n) is 2.34. The zero-order chi connectivity index (χ0) is 15.3.